The number of methoxy groups -OCH3 is 1. The molecule has 0 aliphatic carbocycles. The van der Waals surface area contributed by atoms with Gasteiger partial charge in [-0.3, -0.25) is 0 Å². The van der Waals surface area contributed by atoms with Gasteiger partial charge in [-0.25, -0.2) is 5.01 Å². The second kappa shape index (κ2) is 7.44. The van der Waals surface area contributed by atoms with Crippen LogP contribution in [0.15, 0.2) is 65.1 Å². The fourth-order valence-corrected chi connectivity index (χ4v) is 4.67. The number of thiophene rings is 1. The molecule has 0 saturated heterocycles. The zero-order valence-corrected chi connectivity index (χ0v) is 17.2. The zero-order valence-electron chi connectivity index (χ0n) is 16.4. The normalized spacial score (nSPS) is 19.8. The monoisotopic (exact) mass is 406 g/mol. The summed E-state index contributed by atoms with van der Waals surface area (Å²) < 4.78 is 17.7. The second-order valence-electron chi connectivity index (χ2n) is 6.97. The zero-order chi connectivity index (χ0) is 19.8. The van der Waals surface area contributed by atoms with Crippen molar-refractivity contribution < 1.29 is 14.2 Å². The van der Waals surface area contributed by atoms with Crippen LogP contribution in [-0.4, -0.2) is 24.4 Å². The lowest BCUT2D eigenvalue weighted by Gasteiger charge is -2.38. The molecule has 0 unspecified atom stereocenters. The molecule has 5 rings (SSSR count). The molecular weight excluding hydrogens is 384 g/mol. The molecule has 0 fully saturated rings. The van der Waals surface area contributed by atoms with Gasteiger partial charge in [0.05, 0.1) is 30.3 Å². The Balaban J connectivity index is 1.57. The third-order valence-corrected chi connectivity index (χ3v) is 6.20. The minimum absolute atomic E-state index is 0.113. The van der Waals surface area contributed by atoms with Gasteiger partial charge < -0.3 is 14.2 Å². The number of benzene rings is 2. The van der Waals surface area contributed by atoms with Crippen LogP contribution in [0.3, 0.4) is 0 Å². The second-order valence-corrected chi connectivity index (χ2v) is 7.92. The molecule has 0 radical (unpaired) electrons. The molecule has 148 valence electrons. The van der Waals surface area contributed by atoms with Crippen molar-refractivity contribution in [3.8, 4) is 17.2 Å². The quantitative estimate of drug-likeness (QED) is 0.569. The number of hydrogen-bond acceptors (Lipinski definition) is 6. The van der Waals surface area contributed by atoms with E-state index in [1.165, 1.54) is 4.88 Å². The molecule has 0 bridgehead atoms. The summed E-state index contributed by atoms with van der Waals surface area (Å²) in [7, 11) is 1.68. The highest BCUT2D eigenvalue weighted by molar-refractivity contribution is 7.12. The average Bonchev–Trinajstić information content (AvgIpc) is 3.43. The van der Waals surface area contributed by atoms with E-state index in [-0.39, 0.29) is 12.3 Å². The van der Waals surface area contributed by atoms with Crippen LogP contribution in [0, 0.1) is 0 Å². The summed E-state index contributed by atoms with van der Waals surface area (Å²) in [6.07, 6.45) is 0.523. The van der Waals surface area contributed by atoms with E-state index in [0.717, 1.165) is 40.5 Å². The molecule has 0 N–H and O–H groups in total. The van der Waals surface area contributed by atoms with Gasteiger partial charge in [0.25, 0.3) is 0 Å². The highest BCUT2D eigenvalue weighted by Gasteiger charge is 2.42. The molecule has 2 aromatic carbocycles. The summed E-state index contributed by atoms with van der Waals surface area (Å²) in [6.45, 7) is 2.63. The van der Waals surface area contributed by atoms with Crippen molar-refractivity contribution in [3.05, 3.63) is 76.0 Å². The van der Waals surface area contributed by atoms with Gasteiger partial charge in [-0.1, -0.05) is 18.2 Å². The maximum atomic E-state index is 6.48. The maximum Gasteiger partial charge on any atom is 0.214 e. The Bertz CT molecular complexity index is 1030. The summed E-state index contributed by atoms with van der Waals surface area (Å²) in [6, 6.07) is 18.4. The van der Waals surface area contributed by atoms with Gasteiger partial charge in [-0.05, 0) is 48.7 Å². The van der Waals surface area contributed by atoms with Crippen molar-refractivity contribution in [2.45, 2.75) is 25.6 Å². The first-order valence-electron chi connectivity index (χ1n) is 9.74. The Morgan fingerprint density at radius 2 is 2.00 bits per heavy atom. The van der Waals surface area contributed by atoms with E-state index in [9.17, 15) is 0 Å². The first-order chi connectivity index (χ1) is 14.3. The minimum Gasteiger partial charge on any atom is -0.494 e. The molecule has 5 nitrogen and oxygen atoms in total. The highest BCUT2D eigenvalue weighted by Crippen LogP contribution is 2.50. The minimum atomic E-state index is -0.322. The smallest absolute Gasteiger partial charge is 0.214 e. The highest BCUT2D eigenvalue weighted by atomic mass is 32.1. The van der Waals surface area contributed by atoms with Crippen LogP contribution < -0.4 is 14.2 Å². The fourth-order valence-electron chi connectivity index (χ4n) is 3.95. The lowest BCUT2D eigenvalue weighted by atomic mass is 9.97. The standard InChI is InChI=1S/C23H22N2O3S/c1-3-27-16-11-9-15(10-12-16)23-25-19(14-18(24-25)21-8-5-13-29-21)17-6-4-7-20(26-2)22(17)28-23/h4-13,19,23H,3,14H2,1-2H3/t19-,23+/m1/s1. The van der Waals surface area contributed by atoms with Gasteiger partial charge in [0.2, 0.25) is 6.23 Å². The van der Waals surface area contributed by atoms with E-state index in [0.29, 0.717) is 6.61 Å². The summed E-state index contributed by atoms with van der Waals surface area (Å²) in [4.78, 5) is 1.20. The van der Waals surface area contributed by atoms with Gasteiger partial charge in [-0.2, -0.15) is 5.10 Å². The van der Waals surface area contributed by atoms with Crippen LogP contribution in [0.4, 0.5) is 0 Å². The van der Waals surface area contributed by atoms with Crippen LogP contribution in [0.1, 0.15) is 41.6 Å². The van der Waals surface area contributed by atoms with Crippen LogP contribution in [-0.2, 0) is 0 Å². The van der Waals surface area contributed by atoms with Crippen LogP contribution in [0.2, 0.25) is 0 Å². The van der Waals surface area contributed by atoms with Gasteiger partial charge in [0.1, 0.15) is 5.75 Å². The van der Waals surface area contributed by atoms with E-state index >= 15 is 0 Å². The van der Waals surface area contributed by atoms with Crippen molar-refractivity contribution in [2.75, 3.05) is 13.7 Å². The Morgan fingerprint density at radius 3 is 2.72 bits per heavy atom. The Labute approximate surface area is 174 Å². The summed E-state index contributed by atoms with van der Waals surface area (Å²) in [5, 5.41) is 9.17. The fraction of sp³-hybridized carbons (Fsp3) is 0.261. The predicted molar refractivity (Wildman–Crippen MR) is 114 cm³/mol. The molecule has 2 aliphatic rings. The molecule has 0 amide bonds. The number of rotatable bonds is 5. The van der Waals surface area contributed by atoms with Crippen molar-refractivity contribution in [1.29, 1.82) is 0 Å². The molecule has 2 aliphatic heterocycles. The molecule has 2 atom stereocenters. The lowest BCUT2D eigenvalue weighted by molar-refractivity contribution is -0.0209. The molecular formula is C23H22N2O3S. The molecule has 0 saturated carbocycles. The number of hydrogen-bond donors (Lipinski definition) is 0. The van der Waals surface area contributed by atoms with E-state index in [1.54, 1.807) is 18.4 Å². The van der Waals surface area contributed by atoms with E-state index in [1.807, 2.05) is 43.3 Å². The van der Waals surface area contributed by atoms with Crippen molar-refractivity contribution in [2.24, 2.45) is 5.10 Å². The van der Waals surface area contributed by atoms with Gasteiger partial charge in [-0.15, -0.1) is 11.3 Å². The SMILES string of the molecule is CCOc1ccc([C@@H]2Oc3c(OC)cccc3[C@H]3CC(c4cccs4)=NN32)cc1. The number of ether oxygens (including phenoxy) is 3. The molecule has 0 spiro atoms. The number of hydrazone groups is 1. The van der Waals surface area contributed by atoms with E-state index in [4.69, 9.17) is 19.3 Å². The molecule has 29 heavy (non-hydrogen) atoms. The van der Waals surface area contributed by atoms with Crippen LogP contribution in [0.25, 0.3) is 0 Å². The topological polar surface area (TPSA) is 43.3 Å². The Hall–Kier alpha value is -2.99. The summed E-state index contributed by atoms with van der Waals surface area (Å²) in [5.41, 5.74) is 3.24. The van der Waals surface area contributed by atoms with Gasteiger partial charge >= 0.3 is 0 Å². The van der Waals surface area contributed by atoms with Crippen molar-refractivity contribution in [3.63, 3.8) is 0 Å². The first kappa shape index (κ1) is 18.1. The van der Waals surface area contributed by atoms with Crippen LogP contribution >= 0.6 is 11.3 Å². The van der Waals surface area contributed by atoms with Crippen molar-refractivity contribution >= 4 is 17.0 Å². The molecule has 6 heteroatoms. The lowest BCUT2D eigenvalue weighted by Crippen LogP contribution is -2.33. The maximum absolute atomic E-state index is 6.48. The van der Waals surface area contributed by atoms with Crippen LogP contribution in [0.5, 0.6) is 17.2 Å². The predicted octanol–water partition coefficient (Wildman–Crippen LogP) is 5.40. The average molecular weight is 407 g/mol. The Morgan fingerprint density at radius 1 is 1.14 bits per heavy atom. The number of para-hydroxylation sites is 1. The van der Waals surface area contributed by atoms with E-state index < -0.39 is 0 Å². The van der Waals surface area contributed by atoms with Gasteiger partial charge in [0.15, 0.2) is 11.5 Å². The number of nitrogens with zero attached hydrogens (tertiary/aromatic N) is 2. The summed E-state index contributed by atoms with van der Waals surface area (Å²) >= 11 is 1.72. The van der Waals surface area contributed by atoms with E-state index in [2.05, 4.69) is 28.6 Å². The first-order valence-corrected chi connectivity index (χ1v) is 10.6. The molecule has 3 aromatic rings. The summed E-state index contributed by atoms with van der Waals surface area (Å²) in [5.74, 6) is 2.41. The van der Waals surface area contributed by atoms with Gasteiger partial charge in [0, 0.05) is 17.5 Å². The largest absolute Gasteiger partial charge is 0.494 e. The third kappa shape index (κ3) is 3.13. The third-order valence-electron chi connectivity index (χ3n) is 5.28. The number of fused-ring (bicyclic) bond motifs is 3. The molecule has 1 aromatic heterocycles. The van der Waals surface area contributed by atoms with Crippen molar-refractivity contribution in [1.82, 2.24) is 5.01 Å². The molecule has 3 heterocycles. The Kier molecular flexibility index (Phi) is 4.64.